The summed E-state index contributed by atoms with van der Waals surface area (Å²) in [5, 5.41) is 11.4. The summed E-state index contributed by atoms with van der Waals surface area (Å²) < 4.78 is 4.86. The lowest BCUT2D eigenvalue weighted by molar-refractivity contribution is -0.144. The Bertz CT molecular complexity index is 583. The topological polar surface area (TPSA) is 79.2 Å². The average Bonchev–Trinajstić information content (AvgIpc) is 2.51. The van der Waals surface area contributed by atoms with Crippen molar-refractivity contribution in [2.45, 2.75) is 26.8 Å². The van der Waals surface area contributed by atoms with Gasteiger partial charge in [0.05, 0.1) is 11.6 Å². The van der Waals surface area contributed by atoms with Crippen molar-refractivity contribution in [3.05, 3.63) is 41.5 Å². The number of esters is 1. The van der Waals surface area contributed by atoms with E-state index in [1.807, 2.05) is 26.8 Å². The van der Waals surface area contributed by atoms with Crippen LogP contribution in [0.2, 0.25) is 0 Å². The minimum atomic E-state index is -0.586. The molecular formula is C17H20N2O3. The first-order valence-electron chi connectivity index (χ1n) is 7.06. The third kappa shape index (κ3) is 6.23. The number of nitrogens with zero attached hydrogens (tertiary/aromatic N) is 1. The van der Waals surface area contributed by atoms with E-state index in [0.717, 1.165) is 5.56 Å². The van der Waals surface area contributed by atoms with Gasteiger partial charge in [0.25, 0.3) is 5.91 Å². The standard InChI is InChI=1S/C17H20N2O3/c1-12(2)13(3)19-16(20)11-22-17(21)9-8-14-4-6-15(10-18)7-5-14/h4-9,12-13H,11H2,1-3H3,(H,19,20)/b9-8+/t13-/m1/s1. The highest BCUT2D eigenvalue weighted by Gasteiger charge is 2.11. The van der Waals surface area contributed by atoms with Crippen molar-refractivity contribution in [2.24, 2.45) is 5.92 Å². The number of hydrogen-bond donors (Lipinski definition) is 1. The van der Waals surface area contributed by atoms with Gasteiger partial charge in [-0.05, 0) is 36.6 Å². The van der Waals surface area contributed by atoms with Gasteiger partial charge in [0.2, 0.25) is 0 Å². The fraction of sp³-hybridized carbons (Fsp3) is 0.353. The van der Waals surface area contributed by atoms with Gasteiger partial charge in [-0.3, -0.25) is 4.79 Å². The number of hydrogen-bond acceptors (Lipinski definition) is 4. The van der Waals surface area contributed by atoms with E-state index in [1.165, 1.54) is 6.08 Å². The minimum Gasteiger partial charge on any atom is -0.452 e. The predicted molar refractivity (Wildman–Crippen MR) is 83.6 cm³/mol. The summed E-state index contributed by atoms with van der Waals surface area (Å²) in [5.74, 6) is -0.589. The van der Waals surface area contributed by atoms with Crippen LogP contribution in [0.4, 0.5) is 0 Å². The lowest BCUT2D eigenvalue weighted by Crippen LogP contribution is -2.38. The van der Waals surface area contributed by atoms with Gasteiger partial charge in [0.15, 0.2) is 6.61 Å². The van der Waals surface area contributed by atoms with Crippen LogP contribution in [-0.2, 0) is 14.3 Å². The van der Waals surface area contributed by atoms with Gasteiger partial charge in [-0.25, -0.2) is 4.79 Å². The van der Waals surface area contributed by atoms with Crippen molar-refractivity contribution in [2.75, 3.05) is 6.61 Å². The Kier molecular flexibility index (Phi) is 6.84. The lowest BCUT2D eigenvalue weighted by Gasteiger charge is -2.16. The first-order chi connectivity index (χ1) is 10.4. The van der Waals surface area contributed by atoms with Crippen molar-refractivity contribution >= 4 is 18.0 Å². The van der Waals surface area contributed by atoms with Crippen LogP contribution in [0.25, 0.3) is 6.08 Å². The van der Waals surface area contributed by atoms with E-state index in [1.54, 1.807) is 30.3 Å². The van der Waals surface area contributed by atoms with Crippen LogP contribution in [0.5, 0.6) is 0 Å². The zero-order chi connectivity index (χ0) is 16.5. The maximum Gasteiger partial charge on any atom is 0.331 e. The predicted octanol–water partition coefficient (Wildman–Crippen LogP) is 2.28. The van der Waals surface area contributed by atoms with Gasteiger partial charge < -0.3 is 10.1 Å². The van der Waals surface area contributed by atoms with Crippen LogP contribution in [0, 0.1) is 17.2 Å². The second kappa shape index (κ2) is 8.63. The van der Waals surface area contributed by atoms with E-state index < -0.39 is 5.97 Å². The van der Waals surface area contributed by atoms with Crippen LogP contribution < -0.4 is 5.32 Å². The zero-order valence-electron chi connectivity index (χ0n) is 13.0. The summed E-state index contributed by atoms with van der Waals surface area (Å²) in [4.78, 5) is 23.1. The molecule has 0 aliphatic carbocycles. The number of nitrogens with one attached hydrogen (secondary N) is 1. The number of amides is 1. The molecule has 1 aromatic carbocycles. The van der Waals surface area contributed by atoms with E-state index >= 15 is 0 Å². The molecule has 1 N–H and O–H groups in total. The normalized spacial score (nSPS) is 12.0. The highest BCUT2D eigenvalue weighted by molar-refractivity contribution is 5.89. The maximum absolute atomic E-state index is 11.6. The average molecular weight is 300 g/mol. The molecule has 1 aromatic rings. The second-order valence-electron chi connectivity index (χ2n) is 5.28. The highest BCUT2D eigenvalue weighted by Crippen LogP contribution is 2.05. The summed E-state index contributed by atoms with van der Waals surface area (Å²) in [6.45, 7) is 5.59. The van der Waals surface area contributed by atoms with Crippen molar-refractivity contribution in [3.63, 3.8) is 0 Å². The number of benzene rings is 1. The van der Waals surface area contributed by atoms with E-state index in [4.69, 9.17) is 10.00 Å². The summed E-state index contributed by atoms with van der Waals surface area (Å²) >= 11 is 0. The molecule has 116 valence electrons. The van der Waals surface area contributed by atoms with Crippen LogP contribution in [-0.4, -0.2) is 24.5 Å². The number of nitriles is 1. The molecule has 0 radical (unpaired) electrons. The van der Waals surface area contributed by atoms with Gasteiger partial charge in [0.1, 0.15) is 0 Å². The minimum absolute atomic E-state index is 0.0281. The highest BCUT2D eigenvalue weighted by atomic mass is 16.5. The third-order valence-corrected chi connectivity index (χ3v) is 3.19. The molecule has 1 amide bonds. The summed E-state index contributed by atoms with van der Waals surface area (Å²) in [7, 11) is 0. The molecule has 5 heteroatoms. The molecule has 0 aliphatic heterocycles. The zero-order valence-corrected chi connectivity index (χ0v) is 13.0. The van der Waals surface area contributed by atoms with Gasteiger partial charge in [-0.15, -0.1) is 0 Å². The van der Waals surface area contributed by atoms with E-state index in [9.17, 15) is 9.59 Å². The smallest absolute Gasteiger partial charge is 0.331 e. The molecule has 5 nitrogen and oxygen atoms in total. The number of carbonyl (C=O) groups is 2. The molecule has 0 unspecified atom stereocenters. The van der Waals surface area contributed by atoms with Crippen molar-refractivity contribution in [3.8, 4) is 6.07 Å². The molecule has 1 rings (SSSR count). The molecule has 0 heterocycles. The number of rotatable bonds is 6. The third-order valence-electron chi connectivity index (χ3n) is 3.19. The Morgan fingerprint density at radius 1 is 1.27 bits per heavy atom. The van der Waals surface area contributed by atoms with Crippen LogP contribution in [0.15, 0.2) is 30.3 Å². The number of carbonyl (C=O) groups excluding carboxylic acids is 2. The Balaban J connectivity index is 2.41. The van der Waals surface area contributed by atoms with E-state index in [0.29, 0.717) is 11.5 Å². The van der Waals surface area contributed by atoms with Crippen LogP contribution >= 0.6 is 0 Å². The SMILES string of the molecule is CC(C)[C@@H](C)NC(=O)COC(=O)/C=C/c1ccc(C#N)cc1. The fourth-order valence-corrected chi connectivity index (χ4v) is 1.48. The molecular weight excluding hydrogens is 280 g/mol. The maximum atomic E-state index is 11.6. The quantitative estimate of drug-likeness (QED) is 0.645. The van der Waals surface area contributed by atoms with Crippen LogP contribution in [0.3, 0.4) is 0 Å². The van der Waals surface area contributed by atoms with Gasteiger partial charge in [-0.1, -0.05) is 26.0 Å². The molecule has 0 aliphatic rings. The van der Waals surface area contributed by atoms with E-state index in [-0.39, 0.29) is 18.6 Å². The molecule has 0 bridgehead atoms. The molecule has 22 heavy (non-hydrogen) atoms. The fourth-order valence-electron chi connectivity index (χ4n) is 1.48. The van der Waals surface area contributed by atoms with Gasteiger partial charge in [-0.2, -0.15) is 5.26 Å². The Hall–Kier alpha value is -2.61. The van der Waals surface area contributed by atoms with Crippen molar-refractivity contribution in [1.29, 1.82) is 5.26 Å². The largest absolute Gasteiger partial charge is 0.452 e. The Morgan fingerprint density at radius 3 is 2.45 bits per heavy atom. The Labute approximate surface area is 130 Å². The number of ether oxygens (including phenoxy) is 1. The molecule has 0 saturated heterocycles. The molecule has 0 fully saturated rings. The van der Waals surface area contributed by atoms with Gasteiger partial charge in [0, 0.05) is 12.1 Å². The van der Waals surface area contributed by atoms with Crippen molar-refractivity contribution < 1.29 is 14.3 Å². The summed E-state index contributed by atoms with van der Waals surface area (Å²) in [5.41, 5.74) is 1.32. The molecule has 1 atom stereocenters. The summed E-state index contributed by atoms with van der Waals surface area (Å²) in [6, 6.07) is 8.80. The molecule has 0 saturated carbocycles. The second-order valence-corrected chi connectivity index (χ2v) is 5.28. The summed E-state index contributed by atoms with van der Waals surface area (Å²) in [6.07, 6.45) is 2.82. The first kappa shape index (κ1) is 17.4. The molecule has 0 aromatic heterocycles. The van der Waals surface area contributed by atoms with Crippen LogP contribution in [0.1, 0.15) is 31.9 Å². The monoisotopic (exact) mass is 300 g/mol. The van der Waals surface area contributed by atoms with Crippen molar-refractivity contribution in [1.82, 2.24) is 5.32 Å². The molecule has 0 spiro atoms. The van der Waals surface area contributed by atoms with Gasteiger partial charge >= 0.3 is 5.97 Å². The Morgan fingerprint density at radius 2 is 1.91 bits per heavy atom. The first-order valence-corrected chi connectivity index (χ1v) is 7.06. The van der Waals surface area contributed by atoms with E-state index in [2.05, 4.69) is 5.32 Å². The lowest BCUT2D eigenvalue weighted by atomic mass is 10.1.